The van der Waals surface area contributed by atoms with Gasteiger partial charge in [0.1, 0.15) is 0 Å². The molecule has 0 heterocycles. The van der Waals surface area contributed by atoms with E-state index in [1.165, 1.54) is 16.3 Å². The van der Waals surface area contributed by atoms with Gasteiger partial charge in [-0.15, -0.1) is 0 Å². The van der Waals surface area contributed by atoms with E-state index in [0.29, 0.717) is 0 Å². The maximum Gasteiger partial charge on any atom is 0.0481 e. The summed E-state index contributed by atoms with van der Waals surface area (Å²) in [6.07, 6.45) is 0.985. The van der Waals surface area contributed by atoms with Crippen LogP contribution in [0.3, 0.4) is 0 Å². The molecule has 0 bridgehead atoms. The molecule has 0 saturated heterocycles. The molecule has 2 nitrogen and oxygen atoms in total. The van der Waals surface area contributed by atoms with Crippen molar-refractivity contribution in [2.45, 2.75) is 12.5 Å². The molecule has 0 aromatic carbocycles. The van der Waals surface area contributed by atoms with E-state index < -0.39 is 0 Å². The molecule has 0 spiro atoms. The smallest absolute Gasteiger partial charge is 0.0481 e. The van der Waals surface area contributed by atoms with Crippen LogP contribution in [-0.2, 0) is 0 Å². The highest BCUT2D eigenvalue weighted by molar-refractivity contribution is 6.08. The second-order valence-corrected chi connectivity index (χ2v) is 3.02. The van der Waals surface area contributed by atoms with E-state index in [2.05, 4.69) is 0 Å². The monoisotopic (exact) mass is 134 g/mol. The molecule has 50 valence electrons. The lowest BCUT2D eigenvalue weighted by Gasteiger charge is -2.06. The molecular formula is C5H14O2Si. The highest BCUT2D eigenvalue weighted by Crippen LogP contribution is 2.01. The molecule has 0 atom stereocenters. The summed E-state index contributed by atoms with van der Waals surface area (Å²) in [5, 5.41) is 17.0. The van der Waals surface area contributed by atoms with E-state index in [1.807, 2.05) is 0 Å². The van der Waals surface area contributed by atoms with Gasteiger partial charge >= 0.3 is 0 Å². The van der Waals surface area contributed by atoms with Crippen LogP contribution in [0.5, 0.6) is 0 Å². The van der Waals surface area contributed by atoms with Crippen LogP contribution < -0.4 is 0 Å². The van der Waals surface area contributed by atoms with Crippen molar-refractivity contribution in [1.82, 2.24) is 0 Å². The van der Waals surface area contributed by atoms with Crippen molar-refractivity contribution in [3.8, 4) is 0 Å². The normalized spacial score (nSPS) is 10.9. The number of aliphatic hydroxyl groups is 2. The number of aliphatic hydroxyl groups excluding tert-OH is 2. The van der Waals surface area contributed by atoms with Crippen molar-refractivity contribution in [3.05, 3.63) is 0 Å². The van der Waals surface area contributed by atoms with Crippen molar-refractivity contribution in [2.24, 2.45) is 5.92 Å². The fourth-order valence-corrected chi connectivity index (χ4v) is 1.47. The minimum absolute atomic E-state index is 0.138. The lowest BCUT2D eigenvalue weighted by molar-refractivity contribution is 0.147. The third-order valence-corrected chi connectivity index (χ3v) is 1.79. The molecule has 0 radical (unpaired) electrons. The zero-order chi connectivity index (χ0) is 6.41. The fraction of sp³-hybridized carbons (Fsp3) is 1.00. The topological polar surface area (TPSA) is 40.5 Å². The summed E-state index contributed by atoms with van der Waals surface area (Å²) < 4.78 is 0. The summed E-state index contributed by atoms with van der Waals surface area (Å²) in [5.41, 5.74) is 0. The molecule has 0 aliphatic rings. The molecule has 0 amide bonds. The number of hydrogen-bond acceptors (Lipinski definition) is 2. The molecule has 2 N–H and O–H groups in total. The Hall–Kier alpha value is 0.137. The van der Waals surface area contributed by atoms with Gasteiger partial charge in [-0.05, 0) is 6.42 Å². The van der Waals surface area contributed by atoms with Crippen LogP contribution in [0.1, 0.15) is 6.42 Å². The summed E-state index contributed by atoms with van der Waals surface area (Å²) in [7, 11) is 1.17. The average Bonchev–Trinajstić information content (AvgIpc) is 1.83. The Labute approximate surface area is 53.0 Å². The van der Waals surface area contributed by atoms with Gasteiger partial charge in [0.25, 0.3) is 0 Å². The van der Waals surface area contributed by atoms with Gasteiger partial charge in [-0.3, -0.25) is 0 Å². The van der Waals surface area contributed by atoms with E-state index in [-0.39, 0.29) is 19.1 Å². The second-order valence-electron chi connectivity index (χ2n) is 2.02. The van der Waals surface area contributed by atoms with Gasteiger partial charge in [-0.2, -0.15) is 0 Å². The molecule has 3 heteroatoms. The molecule has 0 unspecified atom stereocenters. The first kappa shape index (κ1) is 8.14. The second kappa shape index (κ2) is 5.28. The third kappa shape index (κ3) is 3.18. The standard InChI is InChI=1S/C5H14O2Si/c6-3-5(4-7)1-2-8/h5-7H,1-4H2,8H3. The Kier molecular flexibility index (Phi) is 5.37. The van der Waals surface area contributed by atoms with Crippen molar-refractivity contribution in [2.75, 3.05) is 13.2 Å². The number of rotatable bonds is 4. The van der Waals surface area contributed by atoms with Crippen LogP contribution in [0.15, 0.2) is 0 Å². The molecule has 0 aromatic heterocycles. The summed E-state index contributed by atoms with van der Waals surface area (Å²) in [4.78, 5) is 0. The Morgan fingerprint density at radius 3 is 1.88 bits per heavy atom. The average molecular weight is 134 g/mol. The van der Waals surface area contributed by atoms with Crippen molar-refractivity contribution in [1.29, 1.82) is 0 Å². The minimum atomic E-state index is 0.138. The van der Waals surface area contributed by atoms with E-state index >= 15 is 0 Å². The zero-order valence-electron chi connectivity index (χ0n) is 5.30. The zero-order valence-corrected chi connectivity index (χ0v) is 7.30. The predicted octanol–water partition coefficient (Wildman–Crippen LogP) is -1.24. The fourth-order valence-electron chi connectivity index (χ4n) is 0.649. The van der Waals surface area contributed by atoms with E-state index in [0.717, 1.165) is 6.42 Å². The lowest BCUT2D eigenvalue weighted by atomic mass is 10.1. The molecule has 0 aromatic rings. The molecule has 0 rings (SSSR count). The van der Waals surface area contributed by atoms with Crippen LogP contribution in [0.25, 0.3) is 0 Å². The van der Waals surface area contributed by atoms with Crippen molar-refractivity contribution in [3.63, 3.8) is 0 Å². The molecule has 8 heavy (non-hydrogen) atoms. The van der Waals surface area contributed by atoms with Crippen LogP contribution in [0, 0.1) is 5.92 Å². The summed E-state index contributed by atoms with van der Waals surface area (Å²) >= 11 is 0. The summed E-state index contributed by atoms with van der Waals surface area (Å²) in [6, 6.07) is 1.17. The minimum Gasteiger partial charge on any atom is -0.396 e. The predicted molar refractivity (Wildman–Crippen MR) is 37.0 cm³/mol. The lowest BCUT2D eigenvalue weighted by Crippen LogP contribution is -2.09. The molecular weight excluding hydrogens is 120 g/mol. The highest BCUT2D eigenvalue weighted by Gasteiger charge is 2.01. The molecule has 0 aliphatic heterocycles. The first-order chi connectivity index (χ1) is 3.85. The molecule has 0 aliphatic carbocycles. The van der Waals surface area contributed by atoms with Crippen LogP contribution in [-0.4, -0.2) is 33.7 Å². The largest absolute Gasteiger partial charge is 0.396 e. The van der Waals surface area contributed by atoms with Gasteiger partial charge in [0, 0.05) is 29.4 Å². The quantitative estimate of drug-likeness (QED) is 0.472. The first-order valence-electron chi connectivity index (χ1n) is 3.06. The maximum absolute atomic E-state index is 8.51. The Balaban J connectivity index is 3.07. The van der Waals surface area contributed by atoms with Crippen molar-refractivity contribution >= 4 is 10.2 Å². The number of hydrogen-bond donors (Lipinski definition) is 2. The van der Waals surface area contributed by atoms with Gasteiger partial charge in [0.05, 0.1) is 0 Å². The Bertz CT molecular complexity index is 45.7. The van der Waals surface area contributed by atoms with E-state index in [9.17, 15) is 0 Å². The highest BCUT2D eigenvalue weighted by atomic mass is 28.1. The van der Waals surface area contributed by atoms with Gasteiger partial charge in [0.15, 0.2) is 0 Å². The molecule has 0 saturated carbocycles. The SMILES string of the molecule is OCC(CO)CC[SiH3]. The van der Waals surface area contributed by atoms with Gasteiger partial charge in [-0.1, -0.05) is 6.04 Å². The summed E-state index contributed by atoms with van der Waals surface area (Å²) in [6.45, 7) is 0.275. The Morgan fingerprint density at radius 2 is 1.75 bits per heavy atom. The van der Waals surface area contributed by atoms with Crippen LogP contribution in [0.4, 0.5) is 0 Å². The summed E-state index contributed by atoms with van der Waals surface area (Å²) in [5.74, 6) is 0.146. The third-order valence-electron chi connectivity index (χ3n) is 1.21. The van der Waals surface area contributed by atoms with Gasteiger partial charge < -0.3 is 10.2 Å². The Morgan fingerprint density at radius 1 is 1.25 bits per heavy atom. The van der Waals surface area contributed by atoms with E-state index in [4.69, 9.17) is 10.2 Å². The van der Waals surface area contributed by atoms with E-state index in [1.54, 1.807) is 0 Å². The van der Waals surface area contributed by atoms with Gasteiger partial charge in [-0.25, -0.2) is 0 Å². The van der Waals surface area contributed by atoms with Gasteiger partial charge in [0.2, 0.25) is 0 Å². The first-order valence-corrected chi connectivity index (χ1v) is 4.48. The maximum atomic E-state index is 8.51. The van der Waals surface area contributed by atoms with Crippen LogP contribution >= 0.6 is 0 Å². The van der Waals surface area contributed by atoms with Crippen molar-refractivity contribution < 1.29 is 10.2 Å². The van der Waals surface area contributed by atoms with Crippen LogP contribution in [0.2, 0.25) is 6.04 Å². The molecule has 0 fully saturated rings.